The molecule has 5 heteroatoms. The summed E-state index contributed by atoms with van der Waals surface area (Å²) in [5.74, 6) is -0.379. The van der Waals surface area contributed by atoms with Crippen molar-refractivity contribution in [2.45, 2.75) is 13.2 Å². The first kappa shape index (κ1) is 15.8. The predicted molar refractivity (Wildman–Crippen MR) is 74.3 cm³/mol. The highest BCUT2D eigenvalue weighted by Crippen LogP contribution is 2.27. The van der Waals surface area contributed by atoms with Crippen molar-refractivity contribution in [2.75, 3.05) is 0 Å². The molecule has 4 N–H and O–H groups in total. The molecule has 0 unspecified atom stereocenters. The SMILES string of the molecule is NCc1ccccc1-c1cccc(CO)c1F.O=CO. The first-order chi connectivity index (χ1) is 9.69. The minimum Gasteiger partial charge on any atom is -0.483 e. The number of halogens is 1. The molecule has 0 radical (unpaired) electrons. The number of nitrogens with two attached hydrogens (primary N) is 1. The van der Waals surface area contributed by atoms with Crippen LogP contribution in [0.15, 0.2) is 42.5 Å². The van der Waals surface area contributed by atoms with E-state index in [0.717, 1.165) is 11.1 Å². The molecule has 0 aliphatic carbocycles. The first-order valence-electron chi connectivity index (χ1n) is 5.94. The molecule has 2 aromatic rings. The molecule has 2 aromatic carbocycles. The van der Waals surface area contributed by atoms with Crippen LogP contribution in [0.3, 0.4) is 0 Å². The molecule has 0 aromatic heterocycles. The zero-order chi connectivity index (χ0) is 15.0. The van der Waals surface area contributed by atoms with Crippen LogP contribution in [0, 0.1) is 5.82 Å². The third-order valence-electron chi connectivity index (χ3n) is 2.78. The standard InChI is InChI=1S/C14H14FNO.CH2O2/c15-14-11(9-17)5-3-7-13(14)12-6-2-1-4-10(12)8-16;2-1-3/h1-7,17H,8-9,16H2;1H,(H,2,3). The van der Waals surface area contributed by atoms with Gasteiger partial charge in [-0.2, -0.15) is 0 Å². The fourth-order valence-electron chi connectivity index (χ4n) is 1.87. The van der Waals surface area contributed by atoms with Gasteiger partial charge < -0.3 is 15.9 Å². The Balaban J connectivity index is 0.000000612. The zero-order valence-corrected chi connectivity index (χ0v) is 10.8. The molecule has 0 heterocycles. The van der Waals surface area contributed by atoms with Crippen LogP contribution in [0.25, 0.3) is 11.1 Å². The first-order valence-corrected chi connectivity index (χ1v) is 5.94. The van der Waals surface area contributed by atoms with E-state index in [1.165, 1.54) is 0 Å². The quantitative estimate of drug-likeness (QED) is 0.751. The van der Waals surface area contributed by atoms with Crippen LogP contribution in [0.1, 0.15) is 11.1 Å². The molecule has 0 spiro atoms. The molecule has 0 aliphatic rings. The Morgan fingerprint density at radius 1 is 1.05 bits per heavy atom. The minimum atomic E-state index is -0.379. The maximum absolute atomic E-state index is 14.1. The molecule has 0 atom stereocenters. The van der Waals surface area contributed by atoms with Crippen LogP contribution in [0.2, 0.25) is 0 Å². The number of carboxylic acid groups (broad SMARTS) is 1. The van der Waals surface area contributed by atoms with Crippen LogP contribution in [0.5, 0.6) is 0 Å². The Kier molecular flexibility index (Phi) is 6.36. The highest BCUT2D eigenvalue weighted by Gasteiger charge is 2.11. The Morgan fingerprint density at radius 2 is 1.60 bits per heavy atom. The number of aliphatic hydroxyl groups is 1. The minimum absolute atomic E-state index is 0.250. The van der Waals surface area contributed by atoms with Crippen molar-refractivity contribution < 1.29 is 19.4 Å². The summed E-state index contributed by atoms with van der Waals surface area (Å²) in [5.41, 5.74) is 8.09. The van der Waals surface area contributed by atoms with Crippen LogP contribution in [0.4, 0.5) is 4.39 Å². The summed E-state index contributed by atoms with van der Waals surface area (Å²) in [6, 6.07) is 12.4. The maximum Gasteiger partial charge on any atom is 0.290 e. The molecule has 0 saturated carbocycles. The molecule has 0 bridgehead atoms. The van der Waals surface area contributed by atoms with Crippen molar-refractivity contribution in [2.24, 2.45) is 5.73 Å². The molecule has 20 heavy (non-hydrogen) atoms. The van der Waals surface area contributed by atoms with Gasteiger partial charge in [-0.25, -0.2) is 4.39 Å². The van der Waals surface area contributed by atoms with Gasteiger partial charge in [-0.3, -0.25) is 4.79 Å². The fourth-order valence-corrected chi connectivity index (χ4v) is 1.87. The lowest BCUT2D eigenvalue weighted by Gasteiger charge is -2.10. The number of hydrogen-bond donors (Lipinski definition) is 3. The van der Waals surface area contributed by atoms with Crippen LogP contribution >= 0.6 is 0 Å². The van der Waals surface area contributed by atoms with Gasteiger partial charge in [0.25, 0.3) is 6.47 Å². The molecule has 4 nitrogen and oxygen atoms in total. The van der Waals surface area contributed by atoms with Crippen molar-refractivity contribution in [3.8, 4) is 11.1 Å². The number of benzene rings is 2. The second-order valence-corrected chi connectivity index (χ2v) is 3.90. The summed E-state index contributed by atoms with van der Waals surface area (Å²) < 4.78 is 14.1. The summed E-state index contributed by atoms with van der Waals surface area (Å²) >= 11 is 0. The molecule has 0 aliphatic heterocycles. The van der Waals surface area contributed by atoms with E-state index in [0.29, 0.717) is 17.7 Å². The normalized spacial score (nSPS) is 9.55. The van der Waals surface area contributed by atoms with Gasteiger partial charge in [0.15, 0.2) is 0 Å². The van der Waals surface area contributed by atoms with E-state index in [9.17, 15) is 4.39 Å². The van der Waals surface area contributed by atoms with Gasteiger partial charge in [0, 0.05) is 17.7 Å². The smallest absolute Gasteiger partial charge is 0.290 e. The fraction of sp³-hybridized carbons (Fsp3) is 0.133. The lowest BCUT2D eigenvalue weighted by Crippen LogP contribution is -2.00. The number of rotatable bonds is 3. The predicted octanol–water partition coefficient (Wildman–Crippen LogP) is 2.14. The Labute approximate surface area is 116 Å². The lowest BCUT2D eigenvalue weighted by molar-refractivity contribution is -0.122. The summed E-state index contributed by atoms with van der Waals surface area (Å²) in [4.78, 5) is 8.36. The van der Waals surface area contributed by atoms with Gasteiger partial charge in [0.1, 0.15) is 5.82 Å². The van der Waals surface area contributed by atoms with Crippen molar-refractivity contribution >= 4 is 6.47 Å². The van der Waals surface area contributed by atoms with Crippen molar-refractivity contribution in [1.82, 2.24) is 0 Å². The largest absolute Gasteiger partial charge is 0.483 e. The van der Waals surface area contributed by atoms with Gasteiger partial charge in [0.05, 0.1) is 6.61 Å². The highest BCUT2D eigenvalue weighted by molar-refractivity contribution is 5.68. The number of hydrogen-bond acceptors (Lipinski definition) is 3. The van der Waals surface area contributed by atoms with Crippen molar-refractivity contribution in [3.63, 3.8) is 0 Å². The average molecular weight is 277 g/mol. The Morgan fingerprint density at radius 3 is 2.20 bits per heavy atom. The van der Waals surface area contributed by atoms with E-state index < -0.39 is 0 Å². The molecule has 0 fully saturated rings. The van der Waals surface area contributed by atoms with Crippen LogP contribution in [-0.4, -0.2) is 16.7 Å². The second-order valence-electron chi connectivity index (χ2n) is 3.90. The molecular formula is C15H16FNO3. The summed E-state index contributed by atoms with van der Waals surface area (Å²) in [7, 11) is 0. The van der Waals surface area contributed by atoms with Gasteiger partial charge >= 0.3 is 0 Å². The van der Waals surface area contributed by atoms with Gasteiger partial charge in [0.2, 0.25) is 0 Å². The number of aliphatic hydroxyl groups excluding tert-OH is 1. The van der Waals surface area contributed by atoms with Gasteiger partial charge in [-0.15, -0.1) is 0 Å². The third kappa shape index (κ3) is 3.63. The highest BCUT2D eigenvalue weighted by atomic mass is 19.1. The maximum atomic E-state index is 14.1. The molecule has 0 saturated heterocycles. The van der Waals surface area contributed by atoms with Crippen molar-refractivity contribution in [1.29, 1.82) is 0 Å². The van der Waals surface area contributed by atoms with Crippen LogP contribution < -0.4 is 5.73 Å². The van der Waals surface area contributed by atoms with Crippen LogP contribution in [-0.2, 0) is 17.9 Å². The lowest BCUT2D eigenvalue weighted by atomic mass is 9.97. The Hall–Kier alpha value is -2.24. The van der Waals surface area contributed by atoms with E-state index in [-0.39, 0.29) is 18.9 Å². The number of carbonyl (C=O) groups is 1. The average Bonchev–Trinajstić information content (AvgIpc) is 2.48. The van der Waals surface area contributed by atoms with E-state index in [1.807, 2.05) is 24.3 Å². The monoisotopic (exact) mass is 277 g/mol. The third-order valence-corrected chi connectivity index (χ3v) is 2.78. The summed E-state index contributed by atoms with van der Waals surface area (Å²) in [6.07, 6.45) is 0. The molecular weight excluding hydrogens is 261 g/mol. The Bertz CT molecular complexity index is 573. The second kappa shape index (κ2) is 8.04. The molecule has 0 amide bonds. The summed E-state index contributed by atoms with van der Waals surface area (Å²) in [5, 5.41) is 15.9. The van der Waals surface area contributed by atoms with E-state index in [4.69, 9.17) is 20.7 Å². The molecule has 106 valence electrons. The summed E-state index contributed by atoms with van der Waals surface area (Å²) in [6.45, 7) is -0.191. The topological polar surface area (TPSA) is 83.5 Å². The van der Waals surface area contributed by atoms with Gasteiger partial charge in [-0.05, 0) is 11.1 Å². The van der Waals surface area contributed by atoms with E-state index in [2.05, 4.69) is 0 Å². The molecule has 2 rings (SSSR count). The van der Waals surface area contributed by atoms with Gasteiger partial charge in [-0.1, -0.05) is 42.5 Å². The van der Waals surface area contributed by atoms with E-state index in [1.54, 1.807) is 18.2 Å². The van der Waals surface area contributed by atoms with E-state index >= 15 is 0 Å². The van der Waals surface area contributed by atoms with Crippen molar-refractivity contribution in [3.05, 3.63) is 59.4 Å². The zero-order valence-electron chi connectivity index (χ0n) is 10.8.